The molecule has 1 rings (SSSR count). The van der Waals surface area contributed by atoms with Crippen LogP contribution in [0.5, 0.6) is 0 Å². The number of pyridine rings is 1. The Labute approximate surface area is 104 Å². The number of anilines is 1. The lowest BCUT2D eigenvalue weighted by Gasteiger charge is -2.03. The van der Waals surface area contributed by atoms with E-state index in [1.807, 2.05) is 0 Å². The Morgan fingerprint density at radius 3 is 2.65 bits per heavy atom. The summed E-state index contributed by atoms with van der Waals surface area (Å²) >= 11 is 5.66. The Morgan fingerprint density at radius 1 is 1.29 bits per heavy atom. The van der Waals surface area contributed by atoms with E-state index in [0.717, 1.165) is 0 Å². The number of hydrogen-bond acceptors (Lipinski definition) is 3. The van der Waals surface area contributed by atoms with Crippen LogP contribution in [0.4, 0.5) is 5.82 Å². The average molecular weight is 257 g/mol. The molecule has 1 heterocycles. The van der Waals surface area contributed by atoms with Gasteiger partial charge in [-0.15, -0.1) is 0 Å². The van der Waals surface area contributed by atoms with Gasteiger partial charge in [0.05, 0.1) is 0 Å². The van der Waals surface area contributed by atoms with Gasteiger partial charge in [-0.2, -0.15) is 0 Å². The molecule has 92 valence electrons. The first-order valence-electron chi connectivity index (χ1n) is 5.22. The second-order valence-corrected chi connectivity index (χ2v) is 3.88. The molecule has 0 aliphatic rings. The molecule has 0 unspecified atom stereocenters. The third kappa shape index (κ3) is 5.87. The molecule has 1 aromatic rings. The number of hydrogen-bond donors (Lipinski definition) is 2. The molecule has 0 aliphatic heterocycles. The van der Waals surface area contributed by atoms with Gasteiger partial charge in [-0.3, -0.25) is 9.59 Å². The number of carboxylic acids is 1. The van der Waals surface area contributed by atoms with Crippen LogP contribution in [0.2, 0.25) is 5.15 Å². The van der Waals surface area contributed by atoms with Gasteiger partial charge in [0.1, 0.15) is 11.0 Å². The first-order chi connectivity index (χ1) is 8.08. The van der Waals surface area contributed by atoms with Crippen LogP contribution in [0.15, 0.2) is 18.2 Å². The second-order valence-electron chi connectivity index (χ2n) is 3.49. The van der Waals surface area contributed by atoms with Gasteiger partial charge in [0.2, 0.25) is 5.91 Å². The predicted molar refractivity (Wildman–Crippen MR) is 64.0 cm³/mol. The SMILES string of the molecule is O=C(O)CCCCC(=O)Nc1cccc(Cl)n1. The minimum absolute atomic E-state index is 0.0860. The van der Waals surface area contributed by atoms with Gasteiger partial charge in [0, 0.05) is 12.8 Å². The number of rotatable bonds is 6. The largest absolute Gasteiger partial charge is 0.481 e. The van der Waals surface area contributed by atoms with Gasteiger partial charge in [-0.25, -0.2) is 4.98 Å². The van der Waals surface area contributed by atoms with Crippen molar-refractivity contribution in [2.24, 2.45) is 0 Å². The van der Waals surface area contributed by atoms with Crippen LogP contribution >= 0.6 is 11.6 Å². The highest BCUT2D eigenvalue weighted by Gasteiger charge is 2.04. The highest BCUT2D eigenvalue weighted by Crippen LogP contribution is 2.10. The zero-order chi connectivity index (χ0) is 12.7. The molecule has 0 radical (unpaired) electrons. The Bertz CT molecular complexity index is 409. The van der Waals surface area contributed by atoms with E-state index < -0.39 is 5.97 Å². The number of aromatic nitrogens is 1. The minimum Gasteiger partial charge on any atom is -0.481 e. The van der Waals surface area contributed by atoms with Gasteiger partial charge < -0.3 is 10.4 Å². The van der Waals surface area contributed by atoms with Crippen molar-refractivity contribution in [2.75, 3.05) is 5.32 Å². The molecule has 0 aromatic carbocycles. The van der Waals surface area contributed by atoms with Gasteiger partial charge in [0.15, 0.2) is 0 Å². The lowest BCUT2D eigenvalue weighted by atomic mass is 10.2. The quantitative estimate of drug-likeness (QED) is 0.605. The fourth-order valence-electron chi connectivity index (χ4n) is 1.25. The maximum absolute atomic E-state index is 11.4. The molecule has 1 aromatic heterocycles. The van der Waals surface area contributed by atoms with E-state index in [9.17, 15) is 9.59 Å². The van der Waals surface area contributed by atoms with Crippen molar-refractivity contribution in [3.8, 4) is 0 Å². The fraction of sp³-hybridized carbons (Fsp3) is 0.364. The standard InChI is InChI=1S/C11H13ClN2O3/c12-8-4-3-5-9(13-8)14-10(15)6-1-2-7-11(16)17/h3-5H,1-2,6-7H2,(H,16,17)(H,13,14,15). The third-order valence-electron chi connectivity index (χ3n) is 2.03. The molecule has 1 amide bonds. The third-order valence-corrected chi connectivity index (χ3v) is 2.24. The molecule has 0 bridgehead atoms. The molecule has 5 nitrogen and oxygen atoms in total. The Balaban J connectivity index is 2.27. The van der Waals surface area contributed by atoms with E-state index in [4.69, 9.17) is 16.7 Å². The van der Waals surface area contributed by atoms with Crippen molar-refractivity contribution >= 4 is 29.3 Å². The number of carbonyl (C=O) groups excluding carboxylic acids is 1. The average Bonchev–Trinajstić information content (AvgIpc) is 2.24. The number of aliphatic carboxylic acids is 1. The molecule has 0 saturated heterocycles. The number of nitrogens with zero attached hydrogens (tertiary/aromatic N) is 1. The summed E-state index contributed by atoms with van der Waals surface area (Å²) in [7, 11) is 0. The number of carbonyl (C=O) groups is 2. The van der Waals surface area contributed by atoms with E-state index in [1.54, 1.807) is 18.2 Å². The topological polar surface area (TPSA) is 79.3 Å². The lowest BCUT2D eigenvalue weighted by molar-refractivity contribution is -0.137. The summed E-state index contributed by atoms with van der Waals surface area (Å²) in [5, 5.41) is 11.3. The first kappa shape index (κ1) is 13.4. The van der Waals surface area contributed by atoms with Crippen molar-refractivity contribution in [3.05, 3.63) is 23.4 Å². The summed E-state index contributed by atoms with van der Waals surface area (Å²) in [6, 6.07) is 4.94. The van der Waals surface area contributed by atoms with Crippen LogP contribution in [0.1, 0.15) is 25.7 Å². The van der Waals surface area contributed by atoms with Crippen molar-refractivity contribution < 1.29 is 14.7 Å². The molecular weight excluding hydrogens is 244 g/mol. The monoisotopic (exact) mass is 256 g/mol. The van der Waals surface area contributed by atoms with Crippen molar-refractivity contribution in [1.82, 2.24) is 4.98 Å². The fourth-order valence-corrected chi connectivity index (χ4v) is 1.41. The highest BCUT2D eigenvalue weighted by atomic mass is 35.5. The van der Waals surface area contributed by atoms with Crippen LogP contribution in [-0.2, 0) is 9.59 Å². The Morgan fingerprint density at radius 2 is 2.00 bits per heavy atom. The van der Waals surface area contributed by atoms with Crippen molar-refractivity contribution in [3.63, 3.8) is 0 Å². The van der Waals surface area contributed by atoms with Gasteiger partial charge in [-0.1, -0.05) is 17.7 Å². The molecule has 17 heavy (non-hydrogen) atoms. The zero-order valence-corrected chi connectivity index (χ0v) is 9.91. The molecule has 2 N–H and O–H groups in total. The highest BCUT2D eigenvalue weighted by molar-refractivity contribution is 6.29. The summed E-state index contributed by atoms with van der Waals surface area (Å²) in [6.45, 7) is 0. The van der Waals surface area contributed by atoms with E-state index in [2.05, 4.69) is 10.3 Å². The number of halogens is 1. The number of unbranched alkanes of at least 4 members (excludes halogenated alkanes) is 1. The van der Waals surface area contributed by atoms with E-state index in [1.165, 1.54) is 0 Å². The second kappa shape index (κ2) is 6.85. The first-order valence-corrected chi connectivity index (χ1v) is 5.60. The van der Waals surface area contributed by atoms with Gasteiger partial charge in [0.25, 0.3) is 0 Å². The van der Waals surface area contributed by atoms with Gasteiger partial charge in [-0.05, 0) is 25.0 Å². The van der Waals surface area contributed by atoms with Crippen LogP contribution in [0.3, 0.4) is 0 Å². The summed E-state index contributed by atoms with van der Waals surface area (Å²) in [5.41, 5.74) is 0. The van der Waals surface area contributed by atoms with E-state index in [0.29, 0.717) is 23.8 Å². The van der Waals surface area contributed by atoms with Gasteiger partial charge >= 0.3 is 5.97 Å². The smallest absolute Gasteiger partial charge is 0.303 e. The number of nitrogens with one attached hydrogen (secondary N) is 1. The Hall–Kier alpha value is -1.62. The van der Waals surface area contributed by atoms with Crippen molar-refractivity contribution in [1.29, 1.82) is 0 Å². The molecule has 0 fully saturated rings. The minimum atomic E-state index is -0.845. The molecular formula is C11H13ClN2O3. The number of amides is 1. The normalized spacial score (nSPS) is 9.94. The summed E-state index contributed by atoms with van der Waals surface area (Å²) < 4.78 is 0. The summed E-state index contributed by atoms with van der Waals surface area (Å²) in [6.07, 6.45) is 1.40. The Kier molecular flexibility index (Phi) is 5.42. The molecule has 0 aliphatic carbocycles. The van der Waals surface area contributed by atoms with Crippen LogP contribution < -0.4 is 5.32 Å². The number of carboxylic acid groups (broad SMARTS) is 1. The zero-order valence-electron chi connectivity index (χ0n) is 9.15. The maximum Gasteiger partial charge on any atom is 0.303 e. The van der Waals surface area contributed by atoms with Crippen LogP contribution in [-0.4, -0.2) is 22.0 Å². The van der Waals surface area contributed by atoms with E-state index in [-0.39, 0.29) is 18.7 Å². The summed E-state index contributed by atoms with van der Waals surface area (Å²) in [5.74, 6) is -0.632. The molecule has 0 atom stereocenters. The molecule has 0 saturated carbocycles. The van der Waals surface area contributed by atoms with Crippen molar-refractivity contribution in [2.45, 2.75) is 25.7 Å². The van der Waals surface area contributed by atoms with Crippen LogP contribution in [0.25, 0.3) is 0 Å². The summed E-state index contributed by atoms with van der Waals surface area (Å²) in [4.78, 5) is 25.6. The predicted octanol–water partition coefficient (Wildman–Crippen LogP) is 2.32. The van der Waals surface area contributed by atoms with Crippen LogP contribution in [0, 0.1) is 0 Å². The van der Waals surface area contributed by atoms with E-state index >= 15 is 0 Å². The molecule has 6 heteroatoms. The molecule has 0 spiro atoms. The lowest BCUT2D eigenvalue weighted by Crippen LogP contribution is -2.12. The maximum atomic E-state index is 11.4.